The first kappa shape index (κ1) is 19.7. The molecule has 150 valence electrons. The molecule has 2 heterocycles. The standard InChI is InChI=1S/C21H17ClF3N3O/c1-11-18-14-4-2-3-5-15(14)19(12-6-8-13(22)9-7-12)27-16(20(18)29-28-11)10-17(26)21(23,24)25/h2-9,16-17H,10,26H2,1H3/t16-,17+/m0/s1. The first-order valence-electron chi connectivity index (χ1n) is 8.97. The maximum absolute atomic E-state index is 13.2. The van der Waals surface area contributed by atoms with Crippen molar-refractivity contribution in [1.82, 2.24) is 5.16 Å². The van der Waals surface area contributed by atoms with Gasteiger partial charge in [-0.05, 0) is 24.6 Å². The van der Waals surface area contributed by atoms with Crippen molar-refractivity contribution < 1.29 is 17.7 Å². The highest BCUT2D eigenvalue weighted by atomic mass is 35.5. The molecule has 0 amide bonds. The second-order valence-corrected chi connectivity index (χ2v) is 7.37. The Morgan fingerprint density at radius 3 is 2.41 bits per heavy atom. The molecule has 0 fully saturated rings. The summed E-state index contributed by atoms with van der Waals surface area (Å²) in [6.07, 6.45) is -4.99. The lowest BCUT2D eigenvalue weighted by atomic mass is 9.92. The van der Waals surface area contributed by atoms with Crippen LogP contribution in [0.2, 0.25) is 5.02 Å². The summed E-state index contributed by atoms with van der Waals surface area (Å²) in [6.45, 7) is 1.76. The highest BCUT2D eigenvalue weighted by Crippen LogP contribution is 2.42. The van der Waals surface area contributed by atoms with Crippen molar-refractivity contribution in [3.05, 3.63) is 76.1 Å². The molecule has 0 unspecified atom stereocenters. The maximum Gasteiger partial charge on any atom is 0.403 e. The van der Waals surface area contributed by atoms with Crippen molar-refractivity contribution in [2.45, 2.75) is 31.6 Å². The summed E-state index contributed by atoms with van der Waals surface area (Å²) < 4.78 is 45.0. The van der Waals surface area contributed by atoms with Crippen molar-refractivity contribution in [1.29, 1.82) is 0 Å². The van der Waals surface area contributed by atoms with Gasteiger partial charge in [-0.15, -0.1) is 0 Å². The fourth-order valence-electron chi connectivity index (χ4n) is 3.51. The second-order valence-electron chi connectivity index (χ2n) is 6.94. The number of halogens is 4. The molecule has 2 N–H and O–H groups in total. The Morgan fingerprint density at radius 2 is 1.76 bits per heavy atom. The van der Waals surface area contributed by atoms with Gasteiger partial charge >= 0.3 is 6.18 Å². The number of nitrogens with two attached hydrogens (primary N) is 1. The van der Waals surface area contributed by atoms with E-state index in [0.717, 1.165) is 16.7 Å². The van der Waals surface area contributed by atoms with Crippen molar-refractivity contribution in [2.24, 2.45) is 10.7 Å². The van der Waals surface area contributed by atoms with E-state index in [2.05, 4.69) is 10.1 Å². The van der Waals surface area contributed by atoms with E-state index in [4.69, 9.17) is 21.9 Å². The highest BCUT2D eigenvalue weighted by molar-refractivity contribution is 6.30. The molecule has 1 aliphatic heterocycles. The molecular weight excluding hydrogens is 403 g/mol. The number of nitrogens with zero attached hydrogens (tertiary/aromatic N) is 2. The van der Waals surface area contributed by atoms with Crippen LogP contribution >= 0.6 is 11.6 Å². The second kappa shape index (κ2) is 7.31. The van der Waals surface area contributed by atoms with E-state index >= 15 is 0 Å². The van der Waals surface area contributed by atoms with Gasteiger partial charge in [0.25, 0.3) is 0 Å². The Kier molecular flexibility index (Phi) is 4.96. The van der Waals surface area contributed by atoms with Gasteiger partial charge in [0, 0.05) is 22.6 Å². The van der Waals surface area contributed by atoms with Gasteiger partial charge < -0.3 is 10.3 Å². The average molecular weight is 420 g/mol. The van der Waals surface area contributed by atoms with Crippen LogP contribution < -0.4 is 5.73 Å². The van der Waals surface area contributed by atoms with Crippen molar-refractivity contribution in [2.75, 3.05) is 0 Å². The number of alkyl halides is 3. The maximum atomic E-state index is 13.2. The Balaban J connectivity index is 1.93. The van der Waals surface area contributed by atoms with Crippen LogP contribution in [0.25, 0.3) is 11.1 Å². The molecule has 0 bridgehead atoms. The highest BCUT2D eigenvalue weighted by Gasteiger charge is 2.40. The van der Waals surface area contributed by atoms with Crippen LogP contribution in [0, 0.1) is 6.92 Å². The van der Waals surface area contributed by atoms with Crippen LogP contribution in [0.4, 0.5) is 13.2 Å². The minimum Gasteiger partial charge on any atom is -0.358 e. The van der Waals surface area contributed by atoms with Crippen LogP contribution in [0.3, 0.4) is 0 Å². The van der Waals surface area contributed by atoms with Gasteiger partial charge in [0.2, 0.25) is 0 Å². The molecule has 0 saturated heterocycles. The average Bonchev–Trinajstić information content (AvgIpc) is 3.00. The molecule has 4 rings (SSSR count). The van der Waals surface area contributed by atoms with E-state index in [1.165, 1.54) is 0 Å². The molecule has 0 saturated carbocycles. The first-order chi connectivity index (χ1) is 13.8. The van der Waals surface area contributed by atoms with Gasteiger partial charge in [-0.3, -0.25) is 4.99 Å². The number of hydrogen-bond acceptors (Lipinski definition) is 4. The molecule has 2 aromatic carbocycles. The summed E-state index contributed by atoms with van der Waals surface area (Å²) in [5.74, 6) is 0.290. The molecule has 0 aliphatic carbocycles. The van der Waals surface area contributed by atoms with Crippen molar-refractivity contribution in [3.8, 4) is 11.1 Å². The molecule has 1 aliphatic rings. The fraction of sp³-hybridized carbons (Fsp3) is 0.238. The first-order valence-corrected chi connectivity index (χ1v) is 9.35. The van der Waals surface area contributed by atoms with E-state index in [1.54, 1.807) is 31.2 Å². The number of aromatic nitrogens is 1. The lowest BCUT2D eigenvalue weighted by molar-refractivity contribution is -0.150. The van der Waals surface area contributed by atoms with Gasteiger partial charge in [-0.25, -0.2) is 0 Å². The summed E-state index contributed by atoms with van der Waals surface area (Å²) in [7, 11) is 0. The van der Waals surface area contributed by atoms with Crippen LogP contribution in [0.15, 0.2) is 58.0 Å². The molecule has 0 spiro atoms. The number of hydrogen-bond donors (Lipinski definition) is 1. The topological polar surface area (TPSA) is 64.4 Å². The SMILES string of the molecule is Cc1noc2c1-c1ccccc1C(c1ccc(Cl)cc1)=N[C@H]2C[C@@H](N)C(F)(F)F. The third-order valence-corrected chi connectivity index (χ3v) is 5.20. The van der Waals surface area contributed by atoms with Crippen LogP contribution in [0.5, 0.6) is 0 Å². The van der Waals surface area contributed by atoms with E-state index in [-0.39, 0.29) is 0 Å². The largest absolute Gasteiger partial charge is 0.403 e. The number of benzene rings is 2. The third kappa shape index (κ3) is 3.68. The summed E-state index contributed by atoms with van der Waals surface area (Å²) in [5, 5.41) is 4.54. The predicted octanol–water partition coefficient (Wildman–Crippen LogP) is 5.48. The molecule has 0 radical (unpaired) electrons. The molecule has 2 atom stereocenters. The van der Waals surface area contributed by atoms with Gasteiger partial charge in [0.05, 0.1) is 17.0 Å². The van der Waals surface area contributed by atoms with Crippen molar-refractivity contribution >= 4 is 17.3 Å². The molecular formula is C21H17ClF3N3O. The number of fused-ring (bicyclic) bond motifs is 3. The fourth-order valence-corrected chi connectivity index (χ4v) is 3.63. The monoisotopic (exact) mass is 419 g/mol. The Bertz CT molecular complexity index is 1070. The number of rotatable bonds is 3. The van der Waals surface area contributed by atoms with E-state index in [9.17, 15) is 13.2 Å². The minimum atomic E-state index is -4.54. The summed E-state index contributed by atoms with van der Waals surface area (Å²) in [6, 6.07) is 11.5. The van der Waals surface area contributed by atoms with Crippen molar-refractivity contribution in [3.63, 3.8) is 0 Å². The zero-order chi connectivity index (χ0) is 20.8. The quantitative estimate of drug-likeness (QED) is 0.611. The predicted molar refractivity (Wildman–Crippen MR) is 105 cm³/mol. The lowest BCUT2D eigenvalue weighted by Crippen LogP contribution is -2.38. The Morgan fingerprint density at radius 1 is 1.10 bits per heavy atom. The van der Waals surface area contributed by atoms with E-state index in [0.29, 0.717) is 27.8 Å². The van der Waals surface area contributed by atoms with E-state index < -0.39 is 24.7 Å². The van der Waals surface area contributed by atoms with Gasteiger partial charge in [0.1, 0.15) is 12.1 Å². The zero-order valence-corrected chi connectivity index (χ0v) is 16.1. The van der Waals surface area contributed by atoms with Gasteiger partial charge in [0.15, 0.2) is 5.76 Å². The lowest BCUT2D eigenvalue weighted by Gasteiger charge is -2.19. The summed E-state index contributed by atoms with van der Waals surface area (Å²) in [5.41, 5.74) is 9.56. The molecule has 1 aromatic heterocycles. The minimum absolute atomic E-state index is 0.290. The zero-order valence-electron chi connectivity index (χ0n) is 15.4. The molecule has 8 heteroatoms. The van der Waals surface area contributed by atoms with Gasteiger partial charge in [-0.2, -0.15) is 13.2 Å². The number of aryl methyl sites for hydroxylation is 1. The van der Waals surface area contributed by atoms with Crippen LogP contribution in [-0.2, 0) is 0 Å². The third-order valence-electron chi connectivity index (χ3n) is 4.94. The summed E-state index contributed by atoms with van der Waals surface area (Å²) in [4.78, 5) is 4.68. The normalized spacial score (nSPS) is 17.2. The van der Waals surface area contributed by atoms with Crippen LogP contribution in [-0.4, -0.2) is 23.1 Å². The van der Waals surface area contributed by atoms with E-state index in [1.807, 2.05) is 24.3 Å². The Hall–Kier alpha value is -2.64. The number of aliphatic imine (C=N–C) groups is 1. The smallest absolute Gasteiger partial charge is 0.358 e. The van der Waals surface area contributed by atoms with Gasteiger partial charge in [-0.1, -0.05) is 53.2 Å². The molecule has 29 heavy (non-hydrogen) atoms. The summed E-state index contributed by atoms with van der Waals surface area (Å²) >= 11 is 6.00. The molecule has 3 aromatic rings. The van der Waals surface area contributed by atoms with Crippen LogP contribution in [0.1, 0.15) is 35.0 Å². The Labute approximate surface area is 170 Å². The molecule has 4 nitrogen and oxygen atoms in total.